The van der Waals surface area contributed by atoms with Crippen LogP contribution in [0.1, 0.15) is 30.4 Å². The van der Waals surface area contributed by atoms with E-state index in [1.807, 2.05) is 24.3 Å². The molecule has 0 radical (unpaired) electrons. The summed E-state index contributed by atoms with van der Waals surface area (Å²) in [7, 11) is 0. The van der Waals surface area contributed by atoms with E-state index in [9.17, 15) is 4.39 Å². The molecule has 0 atom stereocenters. The number of benzene rings is 2. The average Bonchev–Trinajstić information content (AvgIpc) is 2.94. The lowest BCUT2D eigenvalue weighted by Gasteiger charge is -2.30. The highest BCUT2D eigenvalue weighted by Gasteiger charge is 2.20. The zero-order valence-electron chi connectivity index (χ0n) is 20.1. The van der Waals surface area contributed by atoms with Crippen molar-refractivity contribution in [2.75, 3.05) is 54.6 Å². The quantitative estimate of drug-likeness (QED) is 0.375. The molecule has 9 nitrogen and oxygen atoms in total. The van der Waals surface area contributed by atoms with Crippen LogP contribution in [-0.2, 0) is 11.3 Å². The van der Waals surface area contributed by atoms with Crippen molar-refractivity contribution in [2.45, 2.75) is 25.9 Å². The van der Waals surface area contributed by atoms with Crippen LogP contribution in [0, 0.1) is 5.82 Å². The fourth-order valence-electron chi connectivity index (χ4n) is 4.11. The second kappa shape index (κ2) is 11.8. The van der Waals surface area contributed by atoms with Gasteiger partial charge in [-0.25, -0.2) is 9.82 Å². The molecule has 2 saturated heterocycles. The molecule has 0 spiro atoms. The Balaban J connectivity index is 1.23. The van der Waals surface area contributed by atoms with Crippen LogP contribution in [0.15, 0.2) is 53.6 Å². The van der Waals surface area contributed by atoms with Gasteiger partial charge in [-0.05, 0) is 66.8 Å². The number of piperidine rings is 1. The standard InChI is InChI=1S/C26H30FN7O2/c27-22-8-4-21(5-9-22)19-36-23-10-6-20(7-11-23)18-28-32-24-29-25(33-12-2-1-3-13-33)31-26(30-24)34-14-16-35-17-15-34/h4-11,18H,1-3,12-17,19H2,(H,29,30,31,32)/b28-18-. The van der Waals surface area contributed by atoms with Crippen molar-refractivity contribution in [3.8, 4) is 5.75 Å². The topological polar surface area (TPSA) is 88.0 Å². The van der Waals surface area contributed by atoms with Crippen LogP contribution < -0.4 is 20.0 Å². The number of rotatable bonds is 8. The van der Waals surface area contributed by atoms with E-state index in [2.05, 4.69) is 30.3 Å². The van der Waals surface area contributed by atoms with Crippen LogP contribution in [-0.4, -0.2) is 60.6 Å². The van der Waals surface area contributed by atoms with Gasteiger partial charge in [0.2, 0.25) is 17.8 Å². The van der Waals surface area contributed by atoms with E-state index in [0.29, 0.717) is 37.7 Å². The minimum atomic E-state index is -0.256. The molecule has 2 aromatic carbocycles. The molecule has 0 unspecified atom stereocenters. The number of halogens is 1. The molecule has 36 heavy (non-hydrogen) atoms. The number of hydrogen-bond donors (Lipinski definition) is 1. The lowest BCUT2D eigenvalue weighted by molar-refractivity contribution is 0.122. The Morgan fingerprint density at radius 2 is 1.53 bits per heavy atom. The molecule has 3 heterocycles. The number of hydrogen-bond acceptors (Lipinski definition) is 9. The molecule has 1 N–H and O–H groups in total. The summed E-state index contributed by atoms with van der Waals surface area (Å²) >= 11 is 0. The van der Waals surface area contributed by atoms with E-state index < -0.39 is 0 Å². The maximum atomic E-state index is 13.0. The largest absolute Gasteiger partial charge is 0.489 e. The van der Waals surface area contributed by atoms with Crippen molar-refractivity contribution in [3.63, 3.8) is 0 Å². The molecule has 0 amide bonds. The first-order valence-electron chi connectivity index (χ1n) is 12.3. The summed E-state index contributed by atoms with van der Waals surface area (Å²) in [6, 6.07) is 13.9. The predicted octanol–water partition coefficient (Wildman–Crippen LogP) is 3.86. The lowest BCUT2D eigenvalue weighted by atomic mass is 10.1. The third kappa shape index (κ3) is 6.45. The van der Waals surface area contributed by atoms with Crippen LogP contribution in [0.5, 0.6) is 5.75 Å². The van der Waals surface area contributed by atoms with Gasteiger partial charge in [-0.1, -0.05) is 12.1 Å². The fourth-order valence-corrected chi connectivity index (χ4v) is 4.11. The highest BCUT2D eigenvalue weighted by molar-refractivity contribution is 5.80. The molecule has 0 aliphatic carbocycles. The lowest BCUT2D eigenvalue weighted by Crippen LogP contribution is -2.38. The summed E-state index contributed by atoms with van der Waals surface area (Å²) in [6.45, 7) is 5.10. The molecular formula is C26H30FN7O2. The highest BCUT2D eigenvalue weighted by Crippen LogP contribution is 2.21. The van der Waals surface area contributed by atoms with Gasteiger partial charge in [0.25, 0.3) is 0 Å². The van der Waals surface area contributed by atoms with Crippen LogP contribution in [0.3, 0.4) is 0 Å². The molecule has 0 bridgehead atoms. The summed E-state index contributed by atoms with van der Waals surface area (Å²) < 4.78 is 24.3. The first-order chi connectivity index (χ1) is 17.7. The zero-order chi connectivity index (χ0) is 24.6. The Morgan fingerprint density at radius 3 is 2.22 bits per heavy atom. The minimum Gasteiger partial charge on any atom is -0.489 e. The van der Waals surface area contributed by atoms with Crippen LogP contribution in [0.4, 0.5) is 22.2 Å². The molecule has 10 heteroatoms. The van der Waals surface area contributed by atoms with Gasteiger partial charge >= 0.3 is 0 Å². The van der Waals surface area contributed by atoms with Crippen molar-refractivity contribution in [1.29, 1.82) is 0 Å². The molecule has 1 aromatic heterocycles. The van der Waals surface area contributed by atoms with Gasteiger partial charge in [-0.3, -0.25) is 0 Å². The SMILES string of the molecule is Fc1ccc(COc2ccc(/C=N\Nc3nc(N4CCCCC4)nc(N4CCOCC4)n3)cc2)cc1. The van der Waals surface area contributed by atoms with Gasteiger partial charge < -0.3 is 19.3 Å². The summed E-state index contributed by atoms with van der Waals surface area (Å²) in [5.74, 6) is 2.22. The predicted molar refractivity (Wildman–Crippen MR) is 137 cm³/mol. The molecule has 3 aromatic rings. The van der Waals surface area contributed by atoms with Gasteiger partial charge in [0.1, 0.15) is 18.2 Å². The van der Waals surface area contributed by atoms with Crippen molar-refractivity contribution in [1.82, 2.24) is 15.0 Å². The monoisotopic (exact) mass is 491 g/mol. The summed E-state index contributed by atoms with van der Waals surface area (Å²) in [6.07, 6.45) is 5.23. The third-order valence-electron chi connectivity index (χ3n) is 6.12. The summed E-state index contributed by atoms with van der Waals surface area (Å²) in [4.78, 5) is 18.3. The fraction of sp³-hybridized carbons (Fsp3) is 0.385. The normalized spacial score (nSPS) is 16.4. The number of morpholine rings is 1. The van der Waals surface area contributed by atoms with Crippen LogP contribution >= 0.6 is 0 Å². The van der Waals surface area contributed by atoms with Crippen molar-refractivity contribution in [3.05, 3.63) is 65.5 Å². The summed E-state index contributed by atoms with van der Waals surface area (Å²) in [5, 5.41) is 4.35. The molecule has 5 rings (SSSR count). The number of nitrogens with one attached hydrogen (secondary N) is 1. The number of aromatic nitrogens is 3. The Labute approximate surface area is 210 Å². The first kappa shape index (κ1) is 23.9. The minimum absolute atomic E-state index is 0.256. The molecule has 2 fully saturated rings. The van der Waals surface area contributed by atoms with Crippen molar-refractivity contribution >= 4 is 24.1 Å². The van der Waals surface area contributed by atoms with Gasteiger partial charge in [-0.15, -0.1) is 0 Å². The van der Waals surface area contributed by atoms with Gasteiger partial charge in [0.15, 0.2) is 0 Å². The molecule has 2 aliphatic rings. The van der Waals surface area contributed by atoms with E-state index in [1.54, 1.807) is 18.3 Å². The van der Waals surface area contributed by atoms with E-state index in [1.165, 1.54) is 18.6 Å². The second-order valence-corrected chi connectivity index (χ2v) is 8.76. The first-order valence-corrected chi connectivity index (χ1v) is 12.3. The van der Waals surface area contributed by atoms with Crippen LogP contribution in [0.25, 0.3) is 0 Å². The third-order valence-corrected chi connectivity index (χ3v) is 6.12. The smallest absolute Gasteiger partial charge is 0.250 e. The summed E-state index contributed by atoms with van der Waals surface area (Å²) in [5.41, 5.74) is 4.78. The Morgan fingerprint density at radius 1 is 0.861 bits per heavy atom. The highest BCUT2D eigenvalue weighted by atomic mass is 19.1. The van der Waals surface area contributed by atoms with Crippen molar-refractivity contribution < 1.29 is 13.9 Å². The molecule has 0 saturated carbocycles. The van der Waals surface area contributed by atoms with Gasteiger partial charge in [0, 0.05) is 26.2 Å². The average molecular weight is 492 g/mol. The number of nitrogens with zero attached hydrogens (tertiary/aromatic N) is 6. The van der Waals surface area contributed by atoms with E-state index in [4.69, 9.17) is 14.5 Å². The number of hydrazone groups is 1. The van der Waals surface area contributed by atoms with E-state index in [0.717, 1.165) is 55.9 Å². The Bertz CT molecular complexity index is 1110. The number of ether oxygens (including phenoxy) is 2. The maximum Gasteiger partial charge on any atom is 0.250 e. The Kier molecular flexibility index (Phi) is 7.82. The second-order valence-electron chi connectivity index (χ2n) is 8.76. The van der Waals surface area contributed by atoms with Gasteiger partial charge in [0.05, 0.1) is 19.4 Å². The van der Waals surface area contributed by atoms with Gasteiger partial charge in [-0.2, -0.15) is 20.1 Å². The molecule has 188 valence electrons. The van der Waals surface area contributed by atoms with E-state index in [-0.39, 0.29) is 5.82 Å². The molecular weight excluding hydrogens is 461 g/mol. The number of anilines is 3. The molecule has 2 aliphatic heterocycles. The zero-order valence-corrected chi connectivity index (χ0v) is 20.1. The maximum absolute atomic E-state index is 13.0. The van der Waals surface area contributed by atoms with Crippen molar-refractivity contribution in [2.24, 2.45) is 5.10 Å². The Hall–Kier alpha value is -3.79. The van der Waals surface area contributed by atoms with Crippen LogP contribution in [0.2, 0.25) is 0 Å². The van der Waals surface area contributed by atoms with E-state index >= 15 is 0 Å².